The largest absolute Gasteiger partial charge is 0.376 e. The predicted octanol–water partition coefficient (Wildman–Crippen LogP) is 2.63. The monoisotopic (exact) mass is 245 g/mol. The highest BCUT2D eigenvalue weighted by Gasteiger charge is 2.14. The van der Waals surface area contributed by atoms with E-state index in [0.29, 0.717) is 30.6 Å². The Morgan fingerprint density at radius 1 is 1.50 bits per heavy atom. The number of nitrogens with one attached hydrogen (secondary N) is 1. The summed E-state index contributed by atoms with van der Waals surface area (Å²) < 4.78 is 5.76. The average Bonchev–Trinajstić information content (AvgIpc) is 2.88. The normalized spacial score (nSPS) is 15.6. The molecule has 1 aliphatic carbocycles. The standard InChI is InChI=1S/C14H19N3O/c1-11-6-7-16-14(13(11)10-15)17-8-9-18-12-4-2-3-5-12/h6-7,12H,2-5,8-9H2,1H3,(H,16,17). The maximum atomic E-state index is 9.07. The minimum atomic E-state index is 0.438. The summed E-state index contributed by atoms with van der Waals surface area (Å²) in [6, 6.07) is 4.03. The fraction of sp³-hybridized carbons (Fsp3) is 0.571. The Morgan fingerprint density at radius 3 is 3.00 bits per heavy atom. The number of anilines is 1. The minimum absolute atomic E-state index is 0.438. The van der Waals surface area contributed by atoms with Crippen molar-refractivity contribution in [2.24, 2.45) is 0 Å². The quantitative estimate of drug-likeness (QED) is 0.810. The molecule has 0 spiro atoms. The van der Waals surface area contributed by atoms with E-state index < -0.39 is 0 Å². The second-order valence-electron chi connectivity index (χ2n) is 4.67. The highest BCUT2D eigenvalue weighted by atomic mass is 16.5. The zero-order chi connectivity index (χ0) is 12.8. The zero-order valence-electron chi connectivity index (χ0n) is 10.8. The molecular formula is C14H19N3O. The van der Waals surface area contributed by atoms with Gasteiger partial charge in [-0.05, 0) is 31.4 Å². The van der Waals surface area contributed by atoms with Crippen LogP contribution >= 0.6 is 0 Å². The summed E-state index contributed by atoms with van der Waals surface area (Å²) in [4.78, 5) is 4.19. The Hall–Kier alpha value is -1.60. The minimum Gasteiger partial charge on any atom is -0.376 e. The van der Waals surface area contributed by atoms with Gasteiger partial charge in [0, 0.05) is 12.7 Å². The lowest BCUT2D eigenvalue weighted by molar-refractivity contribution is 0.0658. The van der Waals surface area contributed by atoms with Crippen LogP contribution in [0.15, 0.2) is 12.3 Å². The summed E-state index contributed by atoms with van der Waals surface area (Å²) in [5, 5.41) is 12.2. The fourth-order valence-corrected chi connectivity index (χ4v) is 2.28. The topological polar surface area (TPSA) is 57.9 Å². The third kappa shape index (κ3) is 3.21. The van der Waals surface area contributed by atoms with Gasteiger partial charge in [0.25, 0.3) is 0 Å². The molecule has 0 unspecified atom stereocenters. The molecule has 18 heavy (non-hydrogen) atoms. The number of pyridine rings is 1. The van der Waals surface area contributed by atoms with Crippen molar-refractivity contribution in [3.63, 3.8) is 0 Å². The Kier molecular flexibility index (Phi) is 4.54. The smallest absolute Gasteiger partial charge is 0.144 e. The fourth-order valence-electron chi connectivity index (χ4n) is 2.28. The molecule has 1 heterocycles. The summed E-state index contributed by atoms with van der Waals surface area (Å²) in [6.07, 6.45) is 7.11. The van der Waals surface area contributed by atoms with Crippen LogP contribution in [0.2, 0.25) is 0 Å². The molecule has 4 nitrogen and oxygen atoms in total. The van der Waals surface area contributed by atoms with Crippen LogP contribution < -0.4 is 5.32 Å². The lowest BCUT2D eigenvalue weighted by Crippen LogP contribution is -2.16. The highest BCUT2D eigenvalue weighted by molar-refractivity contribution is 5.55. The van der Waals surface area contributed by atoms with Crippen molar-refractivity contribution in [2.45, 2.75) is 38.7 Å². The molecule has 0 saturated heterocycles. The van der Waals surface area contributed by atoms with Gasteiger partial charge >= 0.3 is 0 Å². The summed E-state index contributed by atoms with van der Waals surface area (Å²) in [6.45, 7) is 3.28. The lowest BCUT2D eigenvalue weighted by Gasteiger charge is -2.12. The second-order valence-corrected chi connectivity index (χ2v) is 4.67. The van der Waals surface area contributed by atoms with Gasteiger partial charge in [-0.1, -0.05) is 12.8 Å². The average molecular weight is 245 g/mol. The van der Waals surface area contributed by atoms with Gasteiger partial charge in [0.15, 0.2) is 0 Å². The van der Waals surface area contributed by atoms with Gasteiger partial charge in [-0.2, -0.15) is 5.26 Å². The molecule has 1 aromatic rings. The van der Waals surface area contributed by atoms with Crippen molar-refractivity contribution >= 4 is 5.82 Å². The van der Waals surface area contributed by atoms with Gasteiger partial charge in [0.2, 0.25) is 0 Å². The van der Waals surface area contributed by atoms with E-state index in [2.05, 4.69) is 16.4 Å². The van der Waals surface area contributed by atoms with Crippen LogP contribution in [0.1, 0.15) is 36.8 Å². The lowest BCUT2D eigenvalue weighted by atomic mass is 10.1. The number of hydrogen-bond donors (Lipinski definition) is 1. The summed E-state index contributed by atoms with van der Waals surface area (Å²) in [5.41, 5.74) is 1.57. The SMILES string of the molecule is Cc1ccnc(NCCOC2CCCC2)c1C#N. The summed E-state index contributed by atoms with van der Waals surface area (Å²) >= 11 is 0. The van der Waals surface area contributed by atoms with Crippen LogP contribution in [0.5, 0.6) is 0 Å². The summed E-state index contributed by atoms with van der Waals surface area (Å²) in [7, 11) is 0. The predicted molar refractivity (Wildman–Crippen MR) is 70.4 cm³/mol. The number of ether oxygens (including phenoxy) is 1. The van der Waals surface area contributed by atoms with E-state index in [1.807, 2.05) is 13.0 Å². The number of nitrogens with zero attached hydrogens (tertiary/aromatic N) is 2. The Labute approximate surface area is 108 Å². The molecule has 4 heteroatoms. The van der Waals surface area contributed by atoms with Crippen molar-refractivity contribution < 1.29 is 4.74 Å². The maximum Gasteiger partial charge on any atom is 0.144 e. The second kappa shape index (κ2) is 6.36. The molecule has 0 radical (unpaired) electrons. The molecule has 1 aromatic heterocycles. The first kappa shape index (κ1) is 12.8. The van der Waals surface area contributed by atoms with Crippen LogP contribution in [-0.4, -0.2) is 24.2 Å². The molecule has 0 aliphatic heterocycles. The van der Waals surface area contributed by atoms with Crippen LogP contribution in [0.25, 0.3) is 0 Å². The van der Waals surface area contributed by atoms with Gasteiger partial charge in [0.05, 0.1) is 18.3 Å². The first-order valence-corrected chi connectivity index (χ1v) is 6.52. The molecule has 0 amide bonds. The first-order valence-electron chi connectivity index (χ1n) is 6.52. The van der Waals surface area contributed by atoms with E-state index in [1.54, 1.807) is 6.20 Å². The molecule has 1 N–H and O–H groups in total. The number of nitriles is 1. The number of aryl methyl sites for hydroxylation is 1. The third-order valence-corrected chi connectivity index (χ3v) is 3.32. The molecule has 1 aliphatic rings. The Bertz CT molecular complexity index is 433. The molecule has 1 fully saturated rings. The van der Waals surface area contributed by atoms with E-state index in [-0.39, 0.29) is 0 Å². The summed E-state index contributed by atoms with van der Waals surface area (Å²) in [5.74, 6) is 0.660. The van der Waals surface area contributed by atoms with Crippen molar-refractivity contribution in [1.82, 2.24) is 4.98 Å². The van der Waals surface area contributed by atoms with E-state index in [0.717, 1.165) is 5.56 Å². The van der Waals surface area contributed by atoms with E-state index in [1.165, 1.54) is 25.7 Å². The van der Waals surface area contributed by atoms with E-state index in [4.69, 9.17) is 10.00 Å². The number of hydrogen-bond acceptors (Lipinski definition) is 4. The van der Waals surface area contributed by atoms with E-state index in [9.17, 15) is 0 Å². The van der Waals surface area contributed by atoms with Crippen LogP contribution in [-0.2, 0) is 4.74 Å². The van der Waals surface area contributed by atoms with Crippen LogP contribution in [0.3, 0.4) is 0 Å². The van der Waals surface area contributed by atoms with Crippen molar-refractivity contribution in [2.75, 3.05) is 18.5 Å². The Morgan fingerprint density at radius 2 is 2.28 bits per heavy atom. The van der Waals surface area contributed by atoms with Crippen molar-refractivity contribution in [3.8, 4) is 6.07 Å². The number of rotatable bonds is 5. The van der Waals surface area contributed by atoms with Gasteiger partial charge in [-0.3, -0.25) is 0 Å². The molecule has 1 saturated carbocycles. The maximum absolute atomic E-state index is 9.07. The van der Waals surface area contributed by atoms with Crippen molar-refractivity contribution in [3.05, 3.63) is 23.4 Å². The van der Waals surface area contributed by atoms with Gasteiger partial charge in [-0.15, -0.1) is 0 Å². The van der Waals surface area contributed by atoms with Crippen LogP contribution in [0.4, 0.5) is 5.82 Å². The van der Waals surface area contributed by atoms with Crippen molar-refractivity contribution in [1.29, 1.82) is 5.26 Å². The Balaban J connectivity index is 1.79. The molecule has 0 atom stereocenters. The third-order valence-electron chi connectivity index (χ3n) is 3.32. The highest BCUT2D eigenvalue weighted by Crippen LogP contribution is 2.20. The van der Waals surface area contributed by atoms with Crippen LogP contribution in [0, 0.1) is 18.3 Å². The van der Waals surface area contributed by atoms with Gasteiger partial charge < -0.3 is 10.1 Å². The molecule has 0 bridgehead atoms. The molecule has 96 valence electrons. The first-order chi connectivity index (χ1) is 8.81. The zero-order valence-corrected chi connectivity index (χ0v) is 10.8. The molecule has 0 aromatic carbocycles. The number of aromatic nitrogens is 1. The van der Waals surface area contributed by atoms with E-state index >= 15 is 0 Å². The molecule has 2 rings (SSSR count). The van der Waals surface area contributed by atoms with Gasteiger partial charge in [0.1, 0.15) is 11.9 Å². The molecular weight excluding hydrogens is 226 g/mol. The van der Waals surface area contributed by atoms with Gasteiger partial charge in [-0.25, -0.2) is 4.98 Å².